The molecule has 0 aliphatic heterocycles. The second-order valence-electron chi connectivity index (χ2n) is 8.14. The van der Waals surface area contributed by atoms with Crippen LogP contribution < -0.4 is 0 Å². The Kier molecular flexibility index (Phi) is 8.17. The smallest absolute Gasteiger partial charge is 0.0491 e. The Morgan fingerprint density at radius 2 is 0.971 bits per heavy atom. The first-order valence-corrected chi connectivity index (χ1v) is 12.4. The van der Waals surface area contributed by atoms with Crippen molar-refractivity contribution in [2.75, 3.05) is 0 Å². The van der Waals surface area contributed by atoms with Crippen molar-refractivity contribution in [3.05, 3.63) is 96.1 Å². The summed E-state index contributed by atoms with van der Waals surface area (Å²) >= 11 is 0. The minimum Gasteiger partial charge on any atom is -0.344 e. The molecule has 0 N–H and O–H groups in total. The minimum absolute atomic E-state index is 1.30. The van der Waals surface area contributed by atoms with E-state index in [1.54, 1.807) is 0 Å². The lowest BCUT2D eigenvalue weighted by Gasteiger charge is -1.97. The van der Waals surface area contributed by atoms with Crippen molar-refractivity contribution in [2.45, 2.75) is 41.5 Å². The summed E-state index contributed by atoms with van der Waals surface area (Å²) in [7, 11) is 4.25. The number of aryl methyl sites for hydroxylation is 4. The van der Waals surface area contributed by atoms with Crippen LogP contribution in [0.3, 0.4) is 0 Å². The van der Waals surface area contributed by atoms with Crippen molar-refractivity contribution in [1.29, 1.82) is 0 Å². The van der Waals surface area contributed by atoms with Crippen molar-refractivity contribution in [2.24, 2.45) is 14.1 Å². The van der Waals surface area contributed by atoms with Gasteiger partial charge in [-0.2, -0.15) is 0 Å². The zero-order valence-electron chi connectivity index (χ0n) is 22.0. The zero-order valence-corrected chi connectivity index (χ0v) is 22.0. The van der Waals surface area contributed by atoms with E-state index in [9.17, 15) is 0 Å². The van der Waals surface area contributed by atoms with E-state index < -0.39 is 0 Å². The van der Waals surface area contributed by atoms with E-state index in [-0.39, 0.29) is 0 Å². The third-order valence-electron chi connectivity index (χ3n) is 6.22. The molecule has 6 aromatic rings. The molecular formula is C32H38N2. The highest BCUT2D eigenvalue weighted by Gasteiger charge is 2.08. The maximum Gasteiger partial charge on any atom is 0.0491 e. The van der Waals surface area contributed by atoms with Crippen molar-refractivity contribution in [3.63, 3.8) is 0 Å². The van der Waals surface area contributed by atoms with Gasteiger partial charge in [0, 0.05) is 57.7 Å². The molecule has 0 bridgehead atoms. The van der Waals surface area contributed by atoms with Gasteiger partial charge in [-0.1, -0.05) is 87.9 Å². The average Bonchev–Trinajstić information content (AvgIpc) is 3.34. The molecule has 176 valence electrons. The Labute approximate surface area is 204 Å². The quantitative estimate of drug-likeness (QED) is 0.218. The fraction of sp³-hybridized carbons (Fsp3) is 0.250. The summed E-state index contributed by atoms with van der Waals surface area (Å²) in [5.41, 5.74) is 7.90. The van der Waals surface area contributed by atoms with Gasteiger partial charge in [0.2, 0.25) is 0 Å². The number of benzene rings is 4. The van der Waals surface area contributed by atoms with Gasteiger partial charge in [-0.05, 0) is 49.7 Å². The van der Waals surface area contributed by atoms with Crippen LogP contribution in [0.1, 0.15) is 38.8 Å². The predicted octanol–water partition coefficient (Wildman–Crippen LogP) is 9.33. The molecule has 0 aliphatic carbocycles. The molecular weight excluding hydrogens is 412 g/mol. The van der Waals surface area contributed by atoms with Crippen LogP contribution in [0.5, 0.6) is 0 Å². The molecule has 0 fully saturated rings. The summed E-state index contributed by atoms with van der Waals surface area (Å²) in [6.07, 6.45) is 0. The van der Waals surface area contributed by atoms with Gasteiger partial charge in [-0.25, -0.2) is 0 Å². The normalized spacial score (nSPS) is 10.4. The largest absolute Gasteiger partial charge is 0.344 e. The summed E-state index contributed by atoms with van der Waals surface area (Å²) in [5.74, 6) is 0. The summed E-state index contributed by atoms with van der Waals surface area (Å²) in [4.78, 5) is 0. The predicted molar refractivity (Wildman–Crippen MR) is 153 cm³/mol. The van der Waals surface area contributed by atoms with Crippen LogP contribution in [0.2, 0.25) is 0 Å². The number of nitrogens with zero attached hydrogens (tertiary/aromatic N) is 2. The van der Waals surface area contributed by atoms with Crippen LogP contribution in [-0.2, 0) is 14.1 Å². The lowest BCUT2D eigenvalue weighted by molar-refractivity contribution is 1.01. The number of fused-ring (bicyclic) bond motifs is 6. The van der Waals surface area contributed by atoms with Crippen molar-refractivity contribution in [3.8, 4) is 0 Å². The van der Waals surface area contributed by atoms with Gasteiger partial charge < -0.3 is 9.13 Å². The average molecular weight is 451 g/mol. The Hall–Kier alpha value is -3.52. The lowest BCUT2D eigenvalue weighted by atomic mass is 10.1. The standard InChI is InChI=1S/2C14H13N.2C2H6/c1-10-6-5-9-13-14(10)11-7-3-4-8-12(11)15(13)2;1-10-7-8-14-12(9-10)11-5-3-4-6-13(11)15(14)2;2*1-2/h2*3-9H,1-2H3;2*1-2H3. The van der Waals surface area contributed by atoms with Crippen LogP contribution in [0, 0.1) is 13.8 Å². The maximum atomic E-state index is 2.26. The van der Waals surface area contributed by atoms with Crippen LogP contribution in [0.25, 0.3) is 43.6 Å². The molecule has 2 heteroatoms. The molecule has 0 atom stereocenters. The second kappa shape index (κ2) is 11.1. The van der Waals surface area contributed by atoms with Gasteiger partial charge in [-0.15, -0.1) is 0 Å². The molecule has 34 heavy (non-hydrogen) atoms. The zero-order chi connectivity index (χ0) is 24.8. The highest BCUT2D eigenvalue weighted by molar-refractivity contribution is 6.09. The van der Waals surface area contributed by atoms with Crippen molar-refractivity contribution >= 4 is 43.6 Å². The fourth-order valence-electron chi connectivity index (χ4n) is 4.67. The molecule has 0 saturated heterocycles. The van der Waals surface area contributed by atoms with Gasteiger partial charge in [0.25, 0.3) is 0 Å². The summed E-state index contributed by atoms with van der Waals surface area (Å²) in [6, 6.07) is 30.2. The third-order valence-corrected chi connectivity index (χ3v) is 6.22. The molecule has 4 aromatic carbocycles. The molecule has 0 spiro atoms. The molecule has 6 rings (SSSR count). The molecule has 0 aliphatic rings. The highest BCUT2D eigenvalue weighted by atomic mass is 14.9. The van der Waals surface area contributed by atoms with Crippen LogP contribution in [-0.4, -0.2) is 9.13 Å². The number of aromatic nitrogens is 2. The SMILES string of the molecule is CC.CC.Cc1ccc2c(c1)c1ccccc1n2C.Cc1cccc2c1c1ccccc1n2C. The Bertz CT molecular complexity index is 1530. The molecule has 2 nitrogen and oxygen atoms in total. The van der Waals surface area contributed by atoms with E-state index in [0.29, 0.717) is 0 Å². The fourth-order valence-corrected chi connectivity index (χ4v) is 4.67. The molecule has 0 radical (unpaired) electrons. The third kappa shape index (κ3) is 4.46. The van der Waals surface area contributed by atoms with Crippen LogP contribution in [0.15, 0.2) is 84.9 Å². The van der Waals surface area contributed by atoms with Gasteiger partial charge in [0.05, 0.1) is 0 Å². The van der Waals surface area contributed by atoms with E-state index in [0.717, 1.165) is 0 Å². The summed E-state index contributed by atoms with van der Waals surface area (Å²) in [5, 5.41) is 5.44. The number of hydrogen-bond donors (Lipinski definition) is 0. The van der Waals surface area contributed by atoms with Crippen molar-refractivity contribution < 1.29 is 0 Å². The first kappa shape index (κ1) is 25.1. The number of rotatable bonds is 0. The van der Waals surface area contributed by atoms with E-state index in [1.165, 1.54) is 54.7 Å². The first-order chi connectivity index (χ1) is 16.6. The monoisotopic (exact) mass is 450 g/mol. The second-order valence-corrected chi connectivity index (χ2v) is 8.14. The Balaban J connectivity index is 0.000000167. The van der Waals surface area contributed by atoms with Gasteiger partial charge >= 0.3 is 0 Å². The van der Waals surface area contributed by atoms with Crippen molar-refractivity contribution in [1.82, 2.24) is 9.13 Å². The van der Waals surface area contributed by atoms with Crippen LogP contribution in [0.4, 0.5) is 0 Å². The van der Waals surface area contributed by atoms with E-state index in [2.05, 4.69) is 122 Å². The maximum absolute atomic E-state index is 2.26. The van der Waals surface area contributed by atoms with Gasteiger partial charge in [-0.3, -0.25) is 0 Å². The molecule has 0 unspecified atom stereocenters. The van der Waals surface area contributed by atoms with Gasteiger partial charge in [0.15, 0.2) is 0 Å². The summed E-state index contributed by atoms with van der Waals surface area (Å²) < 4.78 is 4.52. The van der Waals surface area contributed by atoms with E-state index >= 15 is 0 Å². The van der Waals surface area contributed by atoms with Crippen LogP contribution >= 0.6 is 0 Å². The Morgan fingerprint density at radius 1 is 0.471 bits per heavy atom. The Morgan fingerprint density at radius 3 is 1.65 bits per heavy atom. The molecule has 0 saturated carbocycles. The van der Waals surface area contributed by atoms with E-state index in [1.807, 2.05) is 27.7 Å². The molecule has 0 amide bonds. The highest BCUT2D eigenvalue weighted by Crippen LogP contribution is 2.30. The molecule has 2 aromatic heterocycles. The van der Waals surface area contributed by atoms with Gasteiger partial charge in [0.1, 0.15) is 0 Å². The topological polar surface area (TPSA) is 9.86 Å². The summed E-state index contributed by atoms with van der Waals surface area (Å²) in [6.45, 7) is 12.3. The van der Waals surface area contributed by atoms with E-state index in [4.69, 9.17) is 0 Å². The number of hydrogen-bond acceptors (Lipinski definition) is 0. The molecule has 2 heterocycles. The minimum atomic E-state index is 1.30. The number of para-hydroxylation sites is 2. The first-order valence-electron chi connectivity index (χ1n) is 12.4. The lowest BCUT2D eigenvalue weighted by Crippen LogP contribution is -1.85.